The van der Waals surface area contributed by atoms with Gasteiger partial charge >= 0.3 is 12.3 Å². The van der Waals surface area contributed by atoms with E-state index in [0.717, 1.165) is 12.8 Å². The molecule has 1 aromatic carbocycles. The molecule has 9 heteroatoms. The first kappa shape index (κ1) is 21.0. The van der Waals surface area contributed by atoms with Crippen molar-refractivity contribution in [1.82, 2.24) is 4.90 Å². The fourth-order valence-electron chi connectivity index (χ4n) is 3.83. The number of alkyl halides is 3. The van der Waals surface area contributed by atoms with Crippen molar-refractivity contribution in [3.05, 3.63) is 28.5 Å². The Balaban J connectivity index is 1.74. The van der Waals surface area contributed by atoms with Crippen molar-refractivity contribution in [1.29, 1.82) is 0 Å². The molecule has 1 amide bonds. The van der Waals surface area contributed by atoms with Crippen LogP contribution in [0.25, 0.3) is 0 Å². The molecule has 2 aliphatic rings. The molecule has 0 radical (unpaired) electrons. The first-order chi connectivity index (χ1) is 12.8. The van der Waals surface area contributed by atoms with Gasteiger partial charge in [0.1, 0.15) is 11.7 Å². The van der Waals surface area contributed by atoms with Crippen LogP contribution in [0, 0.1) is 5.82 Å². The number of ether oxygens (including phenoxy) is 2. The fourth-order valence-corrected chi connectivity index (χ4v) is 4.04. The molecule has 0 aliphatic carbocycles. The van der Waals surface area contributed by atoms with E-state index in [1.807, 2.05) is 0 Å². The van der Waals surface area contributed by atoms with E-state index in [-0.39, 0.29) is 12.1 Å². The number of hydrogen-bond donors (Lipinski definition) is 0. The van der Waals surface area contributed by atoms with Crippen LogP contribution < -0.4 is 4.74 Å². The van der Waals surface area contributed by atoms with Gasteiger partial charge in [-0.1, -0.05) is 11.6 Å². The Morgan fingerprint density at radius 3 is 2.21 bits per heavy atom. The van der Waals surface area contributed by atoms with Gasteiger partial charge in [0, 0.05) is 24.9 Å². The van der Waals surface area contributed by atoms with Crippen LogP contribution >= 0.6 is 11.6 Å². The third-order valence-corrected chi connectivity index (χ3v) is 5.18. The minimum absolute atomic E-state index is 0.150. The standard InChI is InChI=1S/C19H22ClF4NO3/c1-18(2,3)28-17(26)25-11-4-5-12(25)9-13(8-11)27-15-7-10(19(22,23)24)6-14(20)16(15)21/h6-7,11-13H,4-5,8-9H2,1-3H3/t11-,12-/m0/s1. The largest absolute Gasteiger partial charge is 0.487 e. The van der Waals surface area contributed by atoms with Gasteiger partial charge in [0.25, 0.3) is 0 Å². The van der Waals surface area contributed by atoms with Crippen LogP contribution in [-0.2, 0) is 10.9 Å². The van der Waals surface area contributed by atoms with E-state index in [1.54, 1.807) is 25.7 Å². The van der Waals surface area contributed by atoms with Gasteiger partial charge in [0.15, 0.2) is 11.6 Å². The molecule has 0 aromatic heterocycles. The normalized spacial score (nSPS) is 25.0. The number of halogens is 5. The van der Waals surface area contributed by atoms with E-state index in [0.29, 0.717) is 25.0 Å². The van der Waals surface area contributed by atoms with Crippen LogP contribution in [-0.4, -0.2) is 34.8 Å². The molecule has 4 nitrogen and oxygen atoms in total. The molecule has 0 saturated carbocycles. The number of nitrogens with zero attached hydrogens (tertiary/aromatic N) is 1. The summed E-state index contributed by atoms with van der Waals surface area (Å²) in [5.41, 5.74) is -1.69. The highest BCUT2D eigenvalue weighted by molar-refractivity contribution is 6.31. The molecule has 3 rings (SSSR count). The molecule has 28 heavy (non-hydrogen) atoms. The Morgan fingerprint density at radius 1 is 1.14 bits per heavy atom. The Labute approximate surface area is 165 Å². The average molecular weight is 424 g/mol. The quantitative estimate of drug-likeness (QED) is 0.564. The van der Waals surface area contributed by atoms with Crippen molar-refractivity contribution in [3.63, 3.8) is 0 Å². The highest BCUT2D eigenvalue weighted by Crippen LogP contribution is 2.41. The van der Waals surface area contributed by atoms with Crippen LogP contribution in [0.4, 0.5) is 22.4 Å². The Bertz CT molecular complexity index is 749. The summed E-state index contributed by atoms with van der Waals surface area (Å²) >= 11 is 5.61. The number of carbonyl (C=O) groups excluding carboxylic acids is 1. The van der Waals surface area contributed by atoms with E-state index in [9.17, 15) is 22.4 Å². The maximum absolute atomic E-state index is 14.2. The van der Waals surface area contributed by atoms with Gasteiger partial charge in [0.05, 0.1) is 10.6 Å². The van der Waals surface area contributed by atoms with Crippen LogP contribution in [0.3, 0.4) is 0 Å². The number of amides is 1. The lowest BCUT2D eigenvalue weighted by Crippen LogP contribution is -2.50. The minimum Gasteiger partial charge on any atom is -0.487 e. The summed E-state index contributed by atoms with van der Waals surface area (Å²) in [4.78, 5) is 14.1. The molecule has 2 atom stereocenters. The SMILES string of the molecule is CC(C)(C)OC(=O)N1[C@H]2CC[C@H]1CC(Oc1cc(C(F)(F)F)cc(Cl)c1F)C2. The topological polar surface area (TPSA) is 38.8 Å². The predicted octanol–water partition coefficient (Wildman–Crippen LogP) is 5.81. The van der Waals surface area contributed by atoms with Crippen molar-refractivity contribution in [2.75, 3.05) is 0 Å². The molecule has 0 N–H and O–H groups in total. The van der Waals surface area contributed by atoms with Gasteiger partial charge in [0.2, 0.25) is 0 Å². The summed E-state index contributed by atoms with van der Waals surface area (Å²) in [6.07, 6.45) is -3.30. The van der Waals surface area contributed by atoms with Crippen molar-refractivity contribution in [3.8, 4) is 5.75 Å². The van der Waals surface area contributed by atoms with Crippen LogP contribution in [0.5, 0.6) is 5.75 Å². The maximum atomic E-state index is 14.2. The number of piperidine rings is 1. The summed E-state index contributed by atoms with van der Waals surface area (Å²) < 4.78 is 64.2. The van der Waals surface area contributed by atoms with Gasteiger partial charge in [-0.2, -0.15) is 13.2 Å². The van der Waals surface area contributed by atoms with E-state index < -0.39 is 46.1 Å². The third-order valence-electron chi connectivity index (χ3n) is 4.91. The zero-order valence-electron chi connectivity index (χ0n) is 15.8. The summed E-state index contributed by atoms with van der Waals surface area (Å²) in [7, 11) is 0. The summed E-state index contributed by atoms with van der Waals surface area (Å²) in [5.74, 6) is -1.54. The van der Waals surface area contributed by atoms with Crippen molar-refractivity contribution in [2.45, 2.75) is 76.4 Å². The zero-order chi connectivity index (χ0) is 20.9. The van der Waals surface area contributed by atoms with Crippen molar-refractivity contribution >= 4 is 17.7 Å². The lowest BCUT2D eigenvalue weighted by molar-refractivity contribution is -0.137. The van der Waals surface area contributed by atoms with Crippen LogP contribution in [0.15, 0.2) is 12.1 Å². The van der Waals surface area contributed by atoms with E-state index in [2.05, 4.69) is 0 Å². The number of carbonyl (C=O) groups is 1. The lowest BCUT2D eigenvalue weighted by Gasteiger charge is -2.39. The lowest BCUT2D eigenvalue weighted by atomic mass is 10.00. The van der Waals surface area contributed by atoms with E-state index in [4.69, 9.17) is 21.1 Å². The van der Waals surface area contributed by atoms with Crippen LogP contribution in [0.1, 0.15) is 52.0 Å². The first-order valence-electron chi connectivity index (χ1n) is 9.09. The van der Waals surface area contributed by atoms with Gasteiger partial charge < -0.3 is 14.4 Å². The number of rotatable bonds is 2. The zero-order valence-corrected chi connectivity index (χ0v) is 16.5. The molecule has 0 spiro atoms. The Morgan fingerprint density at radius 2 is 1.71 bits per heavy atom. The highest BCUT2D eigenvalue weighted by atomic mass is 35.5. The highest BCUT2D eigenvalue weighted by Gasteiger charge is 2.46. The molecule has 2 fully saturated rings. The molecule has 2 aliphatic heterocycles. The molecule has 1 aromatic rings. The minimum atomic E-state index is -4.66. The summed E-state index contributed by atoms with van der Waals surface area (Å²) in [5, 5.41) is -0.640. The smallest absolute Gasteiger partial charge is 0.416 e. The van der Waals surface area contributed by atoms with Crippen LogP contribution in [0.2, 0.25) is 5.02 Å². The monoisotopic (exact) mass is 423 g/mol. The van der Waals surface area contributed by atoms with Gasteiger partial charge in [-0.25, -0.2) is 9.18 Å². The molecule has 0 unspecified atom stereocenters. The van der Waals surface area contributed by atoms with Crippen molar-refractivity contribution < 1.29 is 31.8 Å². The number of benzene rings is 1. The molecule has 2 saturated heterocycles. The van der Waals surface area contributed by atoms with Gasteiger partial charge in [-0.15, -0.1) is 0 Å². The molecular weight excluding hydrogens is 402 g/mol. The second-order valence-corrected chi connectivity index (χ2v) is 8.66. The molecule has 156 valence electrons. The Kier molecular flexibility index (Phi) is 5.47. The van der Waals surface area contributed by atoms with Gasteiger partial charge in [-0.05, 0) is 45.7 Å². The number of fused-ring (bicyclic) bond motifs is 2. The summed E-state index contributed by atoms with van der Waals surface area (Å²) in [6, 6.07) is 0.868. The van der Waals surface area contributed by atoms with E-state index >= 15 is 0 Å². The second kappa shape index (κ2) is 7.28. The average Bonchev–Trinajstić information content (AvgIpc) is 2.80. The molecule has 2 bridgehead atoms. The fraction of sp³-hybridized carbons (Fsp3) is 0.632. The van der Waals surface area contributed by atoms with Gasteiger partial charge in [-0.3, -0.25) is 0 Å². The molecule has 2 heterocycles. The van der Waals surface area contributed by atoms with Crippen molar-refractivity contribution in [2.24, 2.45) is 0 Å². The second-order valence-electron chi connectivity index (χ2n) is 8.25. The maximum Gasteiger partial charge on any atom is 0.416 e. The van der Waals surface area contributed by atoms with E-state index in [1.165, 1.54) is 0 Å². The Hall–Kier alpha value is -1.70. The third kappa shape index (κ3) is 4.47. The number of hydrogen-bond acceptors (Lipinski definition) is 3. The first-order valence-corrected chi connectivity index (χ1v) is 9.47. The predicted molar refractivity (Wildman–Crippen MR) is 94.9 cm³/mol. The molecular formula is C19H22ClF4NO3. The summed E-state index contributed by atoms with van der Waals surface area (Å²) in [6.45, 7) is 5.34.